The fourth-order valence-electron chi connectivity index (χ4n) is 1.69. The third-order valence-electron chi connectivity index (χ3n) is 2.67. The van der Waals surface area contributed by atoms with Gasteiger partial charge < -0.3 is 15.2 Å². The Morgan fingerprint density at radius 3 is 2.67 bits per heavy atom. The molecule has 0 aliphatic heterocycles. The molecule has 0 saturated heterocycles. The van der Waals surface area contributed by atoms with Gasteiger partial charge in [-0.25, -0.2) is 13.6 Å². The Labute approximate surface area is 120 Å². The molecule has 0 fully saturated rings. The van der Waals surface area contributed by atoms with Gasteiger partial charge in [0.15, 0.2) is 17.3 Å². The summed E-state index contributed by atoms with van der Waals surface area (Å²) >= 11 is 0. The number of para-hydroxylation sites is 1. The van der Waals surface area contributed by atoms with Crippen LogP contribution in [0.5, 0.6) is 11.5 Å². The normalized spacial score (nSPS) is 10.2. The predicted molar refractivity (Wildman–Crippen MR) is 73.2 cm³/mol. The zero-order valence-corrected chi connectivity index (χ0v) is 11.2. The molecule has 0 bridgehead atoms. The van der Waals surface area contributed by atoms with Gasteiger partial charge >= 0.3 is 5.97 Å². The number of halogens is 2. The minimum atomic E-state index is -0.739. The molecule has 0 aliphatic rings. The van der Waals surface area contributed by atoms with E-state index in [2.05, 4.69) is 0 Å². The van der Waals surface area contributed by atoms with E-state index in [0.717, 1.165) is 18.2 Å². The maximum atomic E-state index is 13.5. The molecule has 0 unspecified atom stereocenters. The topological polar surface area (TPSA) is 61.5 Å². The van der Waals surface area contributed by atoms with Gasteiger partial charge in [-0.15, -0.1) is 0 Å². The number of benzene rings is 2. The fraction of sp³-hybridized carbons (Fsp3) is 0.133. The summed E-state index contributed by atoms with van der Waals surface area (Å²) in [4.78, 5) is 11.7. The lowest BCUT2D eigenvalue weighted by Crippen LogP contribution is -2.08. The molecule has 2 N–H and O–H groups in total. The Bertz CT molecular complexity index is 674. The molecule has 0 amide bonds. The van der Waals surface area contributed by atoms with Gasteiger partial charge in [0.2, 0.25) is 0 Å². The van der Waals surface area contributed by atoms with Crippen molar-refractivity contribution in [3.63, 3.8) is 0 Å². The van der Waals surface area contributed by atoms with Crippen LogP contribution in [0.2, 0.25) is 0 Å². The smallest absolute Gasteiger partial charge is 0.340 e. The van der Waals surface area contributed by atoms with Crippen LogP contribution in [0.25, 0.3) is 0 Å². The van der Waals surface area contributed by atoms with Crippen LogP contribution in [-0.2, 0) is 4.74 Å². The van der Waals surface area contributed by atoms with Gasteiger partial charge in [0.1, 0.15) is 5.82 Å². The number of carbonyl (C=O) groups excluding carboxylic acids is 1. The van der Waals surface area contributed by atoms with Crippen LogP contribution in [0.1, 0.15) is 17.3 Å². The van der Waals surface area contributed by atoms with Gasteiger partial charge in [-0.05, 0) is 31.2 Å². The Kier molecular flexibility index (Phi) is 4.37. The van der Waals surface area contributed by atoms with E-state index in [1.807, 2.05) is 0 Å². The second-order valence-electron chi connectivity index (χ2n) is 4.11. The molecule has 0 atom stereocenters. The summed E-state index contributed by atoms with van der Waals surface area (Å²) in [6.45, 7) is 1.86. The molecule has 0 radical (unpaired) electrons. The first-order valence-electron chi connectivity index (χ1n) is 6.21. The average Bonchev–Trinajstić information content (AvgIpc) is 2.45. The van der Waals surface area contributed by atoms with Crippen LogP contribution in [-0.4, -0.2) is 12.6 Å². The third kappa shape index (κ3) is 3.28. The Morgan fingerprint density at radius 2 is 1.95 bits per heavy atom. The molecule has 2 rings (SSSR count). The first-order chi connectivity index (χ1) is 10.0. The highest BCUT2D eigenvalue weighted by atomic mass is 19.1. The zero-order chi connectivity index (χ0) is 15.4. The minimum absolute atomic E-state index is 0.000360. The number of ether oxygens (including phenoxy) is 2. The predicted octanol–water partition coefficient (Wildman–Crippen LogP) is 3.52. The summed E-state index contributed by atoms with van der Waals surface area (Å²) < 4.78 is 36.7. The number of hydrogen-bond acceptors (Lipinski definition) is 4. The molecule has 0 heterocycles. The van der Waals surface area contributed by atoms with Crippen molar-refractivity contribution in [2.24, 2.45) is 0 Å². The average molecular weight is 293 g/mol. The summed E-state index contributed by atoms with van der Waals surface area (Å²) in [5.41, 5.74) is 5.91. The maximum Gasteiger partial charge on any atom is 0.340 e. The fourth-order valence-corrected chi connectivity index (χ4v) is 1.69. The zero-order valence-electron chi connectivity index (χ0n) is 11.2. The van der Waals surface area contributed by atoms with E-state index in [9.17, 15) is 13.6 Å². The minimum Gasteiger partial charge on any atom is -0.462 e. The molecular weight excluding hydrogens is 280 g/mol. The summed E-state index contributed by atoms with van der Waals surface area (Å²) in [5.74, 6) is -2.27. The van der Waals surface area contributed by atoms with Gasteiger partial charge in [0.25, 0.3) is 0 Å². The molecule has 4 nitrogen and oxygen atoms in total. The van der Waals surface area contributed by atoms with E-state index < -0.39 is 17.6 Å². The maximum absolute atomic E-state index is 13.5. The number of nitrogen functional groups attached to an aromatic ring is 1. The van der Waals surface area contributed by atoms with E-state index >= 15 is 0 Å². The molecule has 0 saturated carbocycles. The van der Waals surface area contributed by atoms with Gasteiger partial charge in [0.05, 0.1) is 17.9 Å². The first kappa shape index (κ1) is 14.8. The monoisotopic (exact) mass is 293 g/mol. The largest absolute Gasteiger partial charge is 0.462 e. The van der Waals surface area contributed by atoms with E-state index in [1.165, 1.54) is 18.2 Å². The molecular formula is C15H13F2NO3. The lowest BCUT2D eigenvalue weighted by Gasteiger charge is -2.12. The van der Waals surface area contributed by atoms with Crippen LogP contribution >= 0.6 is 0 Å². The molecule has 0 aliphatic carbocycles. The standard InChI is InChI=1S/C15H13F2NO3/c1-2-20-15(19)10-4-3-5-12(14(10)18)21-13-8-9(16)6-7-11(13)17/h3-8H,2,18H2,1H3. The van der Waals surface area contributed by atoms with E-state index in [4.69, 9.17) is 15.2 Å². The highest BCUT2D eigenvalue weighted by molar-refractivity contribution is 5.96. The van der Waals surface area contributed by atoms with Crippen molar-refractivity contribution in [1.82, 2.24) is 0 Å². The summed E-state index contributed by atoms with van der Waals surface area (Å²) in [5, 5.41) is 0. The van der Waals surface area contributed by atoms with Crippen LogP contribution < -0.4 is 10.5 Å². The lowest BCUT2D eigenvalue weighted by molar-refractivity contribution is 0.0527. The van der Waals surface area contributed by atoms with E-state index in [0.29, 0.717) is 0 Å². The number of esters is 1. The van der Waals surface area contributed by atoms with E-state index in [1.54, 1.807) is 6.92 Å². The molecule has 2 aromatic carbocycles. The van der Waals surface area contributed by atoms with Crippen molar-refractivity contribution >= 4 is 11.7 Å². The van der Waals surface area contributed by atoms with Crippen LogP contribution in [0.15, 0.2) is 36.4 Å². The highest BCUT2D eigenvalue weighted by Gasteiger charge is 2.16. The van der Waals surface area contributed by atoms with Crippen molar-refractivity contribution in [3.8, 4) is 11.5 Å². The highest BCUT2D eigenvalue weighted by Crippen LogP contribution is 2.32. The molecule has 110 valence electrons. The van der Waals surface area contributed by atoms with Gasteiger partial charge in [-0.1, -0.05) is 6.07 Å². The van der Waals surface area contributed by atoms with E-state index in [-0.39, 0.29) is 29.4 Å². The number of hydrogen-bond donors (Lipinski definition) is 1. The van der Waals surface area contributed by atoms with Crippen LogP contribution in [0.3, 0.4) is 0 Å². The van der Waals surface area contributed by atoms with Crippen molar-refractivity contribution in [1.29, 1.82) is 0 Å². The Morgan fingerprint density at radius 1 is 1.19 bits per heavy atom. The molecule has 21 heavy (non-hydrogen) atoms. The van der Waals surface area contributed by atoms with Crippen molar-refractivity contribution in [2.45, 2.75) is 6.92 Å². The second kappa shape index (κ2) is 6.21. The SMILES string of the molecule is CCOC(=O)c1cccc(Oc2cc(F)ccc2F)c1N. The molecule has 0 aromatic heterocycles. The van der Waals surface area contributed by atoms with Crippen LogP contribution in [0.4, 0.5) is 14.5 Å². The van der Waals surface area contributed by atoms with Crippen LogP contribution in [0, 0.1) is 11.6 Å². The number of anilines is 1. The Balaban J connectivity index is 2.35. The van der Waals surface area contributed by atoms with Crippen molar-refractivity contribution in [2.75, 3.05) is 12.3 Å². The molecule has 6 heteroatoms. The summed E-state index contributed by atoms with van der Waals surface area (Å²) in [7, 11) is 0. The third-order valence-corrected chi connectivity index (χ3v) is 2.67. The second-order valence-corrected chi connectivity index (χ2v) is 4.11. The number of nitrogens with two attached hydrogens (primary N) is 1. The summed E-state index contributed by atoms with van der Waals surface area (Å²) in [6, 6.07) is 7.22. The molecule has 0 spiro atoms. The van der Waals surface area contributed by atoms with Gasteiger partial charge in [-0.3, -0.25) is 0 Å². The lowest BCUT2D eigenvalue weighted by atomic mass is 10.1. The van der Waals surface area contributed by atoms with Crippen molar-refractivity contribution < 1.29 is 23.0 Å². The number of carbonyl (C=O) groups is 1. The van der Waals surface area contributed by atoms with Gasteiger partial charge in [-0.2, -0.15) is 0 Å². The van der Waals surface area contributed by atoms with Crippen molar-refractivity contribution in [3.05, 3.63) is 53.6 Å². The van der Waals surface area contributed by atoms with Gasteiger partial charge in [0, 0.05) is 6.07 Å². The first-order valence-corrected chi connectivity index (χ1v) is 6.21. The summed E-state index contributed by atoms with van der Waals surface area (Å²) in [6.07, 6.45) is 0. The quantitative estimate of drug-likeness (QED) is 0.692. The number of rotatable bonds is 4. The molecule has 2 aromatic rings. The Hall–Kier alpha value is -2.63.